The van der Waals surface area contributed by atoms with Crippen molar-refractivity contribution in [3.8, 4) is 0 Å². The second-order valence-corrected chi connectivity index (χ2v) is 5.20. The summed E-state index contributed by atoms with van der Waals surface area (Å²) in [7, 11) is 0. The van der Waals surface area contributed by atoms with E-state index in [2.05, 4.69) is 26.6 Å². The van der Waals surface area contributed by atoms with Crippen LogP contribution in [0, 0.1) is 0 Å². The highest BCUT2D eigenvalue weighted by Crippen LogP contribution is 2.15. The van der Waals surface area contributed by atoms with Crippen LogP contribution in [0.4, 0.5) is 0 Å². The van der Waals surface area contributed by atoms with Crippen LogP contribution in [-0.4, -0.2) is 29.0 Å². The van der Waals surface area contributed by atoms with Gasteiger partial charge in [-0.15, -0.1) is 0 Å². The topological polar surface area (TPSA) is 63.1 Å². The van der Waals surface area contributed by atoms with Gasteiger partial charge < -0.3 is 15.2 Å². The van der Waals surface area contributed by atoms with Gasteiger partial charge in [0.1, 0.15) is 11.7 Å². The third kappa shape index (κ3) is 2.75. The smallest absolute Gasteiger partial charge is 0.268 e. The van der Waals surface area contributed by atoms with Crippen LogP contribution in [0.5, 0.6) is 0 Å². The molecule has 0 bridgehead atoms. The van der Waals surface area contributed by atoms with Crippen LogP contribution in [0.25, 0.3) is 0 Å². The number of hydrogen-bond acceptors (Lipinski definition) is 2. The first-order valence-corrected chi connectivity index (χ1v) is 6.85. The van der Waals surface area contributed by atoms with Crippen molar-refractivity contribution in [2.75, 3.05) is 6.54 Å². The largest absolute Gasteiger partial charge is 0.354 e. The molecule has 18 heavy (non-hydrogen) atoms. The standard InChI is InChI=1S/C12H16BrN3O2/c1-2-16-7-8(13)6-10(16)12(18)15-9-4-3-5-14-11(9)17/h6-7,9H,2-5H2,1H3,(H,14,17)(H,15,18). The van der Waals surface area contributed by atoms with Crippen LogP contribution in [0.15, 0.2) is 16.7 Å². The van der Waals surface area contributed by atoms with E-state index < -0.39 is 6.04 Å². The second kappa shape index (κ2) is 5.56. The van der Waals surface area contributed by atoms with Crippen molar-refractivity contribution in [1.29, 1.82) is 0 Å². The molecule has 1 fully saturated rings. The zero-order valence-electron chi connectivity index (χ0n) is 10.2. The zero-order valence-corrected chi connectivity index (χ0v) is 11.8. The Morgan fingerprint density at radius 3 is 3.11 bits per heavy atom. The molecule has 6 heteroatoms. The van der Waals surface area contributed by atoms with Gasteiger partial charge in [-0.1, -0.05) is 0 Å². The number of amides is 2. The van der Waals surface area contributed by atoms with E-state index in [1.807, 2.05) is 17.7 Å². The average molecular weight is 314 g/mol. The van der Waals surface area contributed by atoms with Crippen molar-refractivity contribution in [3.63, 3.8) is 0 Å². The molecule has 2 amide bonds. The number of carbonyl (C=O) groups excluding carboxylic acids is 2. The van der Waals surface area contributed by atoms with E-state index in [0.29, 0.717) is 25.2 Å². The fourth-order valence-corrected chi connectivity index (χ4v) is 2.53. The van der Waals surface area contributed by atoms with Gasteiger partial charge in [0, 0.05) is 23.8 Å². The quantitative estimate of drug-likeness (QED) is 0.883. The average Bonchev–Trinajstić information content (AvgIpc) is 2.73. The van der Waals surface area contributed by atoms with Gasteiger partial charge in [-0.25, -0.2) is 0 Å². The molecule has 2 rings (SSSR count). The minimum Gasteiger partial charge on any atom is -0.354 e. The number of halogens is 1. The highest BCUT2D eigenvalue weighted by atomic mass is 79.9. The van der Waals surface area contributed by atoms with E-state index in [-0.39, 0.29) is 11.8 Å². The van der Waals surface area contributed by atoms with Crippen molar-refractivity contribution in [3.05, 3.63) is 22.4 Å². The number of nitrogens with one attached hydrogen (secondary N) is 2. The Morgan fingerprint density at radius 1 is 1.67 bits per heavy atom. The lowest BCUT2D eigenvalue weighted by molar-refractivity contribution is -0.124. The van der Waals surface area contributed by atoms with Gasteiger partial charge >= 0.3 is 0 Å². The van der Waals surface area contributed by atoms with Crippen LogP contribution in [0.3, 0.4) is 0 Å². The molecule has 1 aromatic rings. The summed E-state index contributed by atoms with van der Waals surface area (Å²) in [5.41, 5.74) is 0.572. The Balaban J connectivity index is 2.09. The van der Waals surface area contributed by atoms with E-state index in [9.17, 15) is 9.59 Å². The molecular formula is C12H16BrN3O2. The van der Waals surface area contributed by atoms with Crippen LogP contribution in [0.1, 0.15) is 30.3 Å². The predicted molar refractivity (Wildman–Crippen MR) is 71.3 cm³/mol. The van der Waals surface area contributed by atoms with Gasteiger partial charge in [0.2, 0.25) is 5.91 Å². The first kappa shape index (κ1) is 13.1. The molecule has 0 radical (unpaired) electrons. The molecule has 5 nitrogen and oxygen atoms in total. The maximum atomic E-state index is 12.1. The summed E-state index contributed by atoms with van der Waals surface area (Å²) in [6.07, 6.45) is 3.45. The van der Waals surface area contributed by atoms with Gasteiger partial charge in [-0.3, -0.25) is 9.59 Å². The van der Waals surface area contributed by atoms with Crippen molar-refractivity contribution in [2.45, 2.75) is 32.4 Å². The van der Waals surface area contributed by atoms with E-state index in [1.165, 1.54) is 0 Å². The molecule has 1 aliphatic rings. The minimum atomic E-state index is -0.412. The fourth-order valence-electron chi connectivity index (χ4n) is 2.07. The van der Waals surface area contributed by atoms with E-state index in [4.69, 9.17) is 0 Å². The number of rotatable bonds is 3. The molecule has 1 unspecified atom stereocenters. The normalized spacial score (nSPS) is 19.4. The second-order valence-electron chi connectivity index (χ2n) is 4.29. The maximum Gasteiger partial charge on any atom is 0.268 e. The number of piperidine rings is 1. The van der Waals surface area contributed by atoms with Crippen molar-refractivity contribution in [1.82, 2.24) is 15.2 Å². The molecule has 2 heterocycles. The predicted octanol–water partition coefficient (Wildman–Crippen LogP) is 1.28. The number of hydrogen-bond donors (Lipinski definition) is 2. The monoisotopic (exact) mass is 313 g/mol. The molecule has 1 atom stereocenters. The molecule has 0 saturated carbocycles. The number of nitrogens with zero attached hydrogens (tertiary/aromatic N) is 1. The highest BCUT2D eigenvalue weighted by molar-refractivity contribution is 9.10. The SMILES string of the molecule is CCn1cc(Br)cc1C(=O)NC1CCCNC1=O. The van der Waals surface area contributed by atoms with Crippen molar-refractivity contribution >= 4 is 27.7 Å². The van der Waals surface area contributed by atoms with Gasteiger partial charge in [0.25, 0.3) is 5.91 Å². The first-order valence-electron chi connectivity index (χ1n) is 6.06. The lowest BCUT2D eigenvalue weighted by Crippen LogP contribution is -2.50. The Morgan fingerprint density at radius 2 is 2.44 bits per heavy atom. The number of aromatic nitrogens is 1. The molecule has 0 aromatic carbocycles. The van der Waals surface area contributed by atoms with E-state index >= 15 is 0 Å². The lowest BCUT2D eigenvalue weighted by atomic mass is 10.1. The summed E-state index contributed by atoms with van der Waals surface area (Å²) in [5, 5.41) is 5.53. The molecule has 1 aromatic heterocycles. The molecule has 0 aliphatic carbocycles. The maximum absolute atomic E-state index is 12.1. The van der Waals surface area contributed by atoms with Crippen LogP contribution in [0.2, 0.25) is 0 Å². The van der Waals surface area contributed by atoms with E-state index in [1.54, 1.807) is 6.07 Å². The highest BCUT2D eigenvalue weighted by Gasteiger charge is 2.25. The van der Waals surface area contributed by atoms with Crippen LogP contribution < -0.4 is 10.6 Å². The summed E-state index contributed by atoms with van der Waals surface area (Å²) < 4.78 is 2.71. The third-order valence-corrected chi connectivity index (χ3v) is 3.46. The zero-order chi connectivity index (χ0) is 13.1. The molecule has 98 valence electrons. The molecule has 2 N–H and O–H groups in total. The number of aryl methyl sites for hydroxylation is 1. The van der Waals surface area contributed by atoms with Crippen LogP contribution in [-0.2, 0) is 11.3 Å². The lowest BCUT2D eigenvalue weighted by Gasteiger charge is -2.22. The van der Waals surface area contributed by atoms with Gasteiger partial charge in [-0.2, -0.15) is 0 Å². The number of carbonyl (C=O) groups is 2. The summed E-state index contributed by atoms with van der Waals surface area (Å²) >= 11 is 3.35. The third-order valence-electron chi connectivity index (χ3n) is 3.03. The van der Waals surface area contributed by atoms with Crippen LogP contribution >= 0.6 is 15.9 Å². The Labute approximate surface area is 114 Å². The Bertz CT molecular complexity index is 470. The summed E-state index contributed by atoms with van der Waals surface area (Å²) in [5.74, 6) is -0.298. The van der Waals surface area contributed by atoms with Crippen molar-refractivity contribution < 1.29 is 9.59 Å². The summed E-state index contributed by atoms with van der Waals surface area (Å²) in [4.78, 5) is 23.7. The van der Waals surface area contributed by atoms with Gasteiger partial charge in [-0.05, 0) is 41.8 Å². The van der Waals surface area contributed by atoms with Gasteiger partial charge in [0.15, 0.2) is 0 Å². The fraction of sp³-hybridized carbons (Fsp3) is 0.500. The first-order chi connectivity index (χ1) is 8.61. The summed E-state index contributed by atoms with van der Waals surface area (Å²) in [6, 6.07) is 1.35. The molecular weight excluding hydrogens is 298 g/mol. The van der Waals surface area contributed by atoms with Crippen molar-refractivity contribution in [2.24, 2.45) is 0 Å². The minimum absolute atomic E-state index is 0.0942. The Hall–Kier alpha value is -1.30. The van der Waals surface area contributed by atoms with E-state index in [0.717, 1.165) is 10.9 Å². The van der Waals surface area contributed by atoms with Gasteiger partial charge in [0.05, 0.1) is 0 Å². The Kier molecular flexibility index (Phi) is 4.06. The molecule has 1 aliphatic heterocycles. The molecule has 0 spiro atoms. The summed E-state index contributed by atoms with van der Waals surface area (Å²) in [6.45, 7) is 3.38. The molecule has 1 saturated heterocycles.